The molecule has 2 aromatic rings. The summed E-state index contributed by atoms with van der Waals surface area (Å²) in [6, 6.07) is 7.01. The molecular weight excluding hydrogens is 328 g/mol. The molecule has 0 spiro atoms. The Bertz CT molecular complexity index is 863. The average Bonchev–Trinajstić information content (AvgIpc) is 3.00. The largest absolute Gasteiger partial charge is 0.324 e. The van der Waals surface area contributed by atoms with Crippen LogP contribution in [0.5, 0.6) is 0 Å². The molecule has 2 heterocycles. The zero-order valence-corrected chi connectivity index (χ0v) is 13.8. The summed E-state index contributed by atoms with van der Waals surface area (Å²) in [7, 11) is 0. The Balaban J connectivity index is 1.82. The Morgan fingerprint density at radius 1 is 1.29 bits per heavy atom. The molecule has 1 N–H and O–H groups in total. The Kier molecular flexibility index (Phi) is 4.54. The van der Waals surface area contributed by atoms with Crippen LogP contribution in [0.2, 0.25) is 5.02 Å². The SMILES string of the molecule is CC#CC(=O)N1CCn2ncc(C(=O)Nc3ccccc3Cl)c2C1. The van der Waals surface area contributed by atoms with Crippen molar-refractivity contribution in [3.8, 4) is 11.8 Å². The van der Waals surface area contributed by atoms with Gasteiger partial charge in [0.2, 0.25) is 0 Å². The predicted octanol–water partition coefficient (Wildman–Crippen LogP) is 2.15. The van der Waals surface area contributed by atoms with Crippen LogP contribution in [0.1, 0.15) is 23.0 Å². The van der Waals surface area contributed by atoms with Crippen LogP contribution < -0.4 is 5.32 Å². The van der Waals surface area contributed by atoms with Crippen molar-refractivity contribution in [1.29, 1.82) is 0 Å². The van der Waals surface area contributed by atoms with Crippen LogP contribution in [0, 0.1) is 11.8 Å². The molecule has 0 aliphatic carbocycles. The third-order valence-corrected chi connectivity index (χ3v) is 4.09. The van der Waals surface area contributed by atoms with Gasteiger partial charge in [-0.05, 0) is 25.0 Å². The van der Waals surface area contributed by atoms with E-state index in [1.54, 1.807) is 40.8 Å². The highest BCUT2D eigenvalue weighted by atomic mass is 35.5. The number of carbonyl (C=O) groups excluding carboxylic acids is 2. The number of anilines is 1. The standard InChI is InChI=1S/C17H15ClN4O2/c1-2-5-16(23)21-8-9-22-15(11-21)12(10-19-22)17(24)20-14-7-4-3-6-13(14)18/h3-4,6-7,10H,8-9,11H2,1H3,(H,20,24). The highest BCUT2D eigenvalue weighted by Crippen LogP contribution is 2.23. The van der Waals surface area contributed by atoms with E-state index in [0.29, 0.717) is 41.6 Å². The number of para-hydroxylation sites is 1. The van der Waals surface area contributed by atoms with E-state index in [1.165, 1.54) is 6.20 Å². The van der Waals surface area contributed by atoms with Crippen molar-refractivity contribution in [1.82, 2.24) is 14.7 Å². The fraction of sp³-hybridized carbons (Fsp3) is 0.235. The summed E-state index contributed by atoms with van der Waals surface area (Å²) in [5.74, 6) is 4.57. The summed E-state index contributed by atoms with van der Waals surface area (Å²) in [5, 5.41) is 7.47. The number of rotatable bonds is 2. The van der Waals surface area contributed by atoms with E-state index in [0.717, 1.165) is 0 Å². The smallest absolute Gasteiger partial charge is 0.298 e. The first-order valence-electron chi connectivity index (χ1n) is 7.42. The lowest BCUT2D eigenvalue weighted by Gasteiger charge is -2.26. The van der Waals surface area contributed by atoms with E-state index >= 15 is 0 Å². The van der Waals surface area contributed by atoms with Gasteiger partial charge < -0.3 is 10.2 Å². The highest BCUT2D eigenvalue weighted by molar-refractivity contribution is 6.33. The van der Waals surface area contributed by atoms with Crippen molar-refractivity contribution in [2.75, 3.05) is 11.9 Å². The second-order valence-corrected chi connectivity index (χ2v) is 5.67. The number of carbonyl (C=O) groups is 2. The molecule has 7 heteroatoms. The minimum absolute atomic E-state index is 0.248. The molecule has 0 bridgehead atoms. The maximum Gasteiger partial charge on any atom is 0.298 e. The molecule has 24 heavy (non-hydrogen) atoms. The number of halogens is 1. The van der Waals surface area contributed by atoms with Crippen molar-refractivity contribution in [2.45, 2.75) is 20.0 Å². The van der Waals surface area contributed by atoms with Crippen LogP contribution in [0.15, 0.2) is 30.5 Å². The second-order valence-electron chi connectivity index (χ2n) is 5.26. The number of fused-ring (bicyclic) bond motifs is 1. The summed E-state index contributed by atoms with van der Waals surface area (Å²) < 4.78 is 1.74. The summed E-state index contributed by atoms with van der Waals surface area (Å²) in [5.41, 5.74) is 1.65. The van der Waals surface area contributed by atoms with Crippen molar-refractivity contribution in [3.63, 3.8) is 0 Å². The quantitative estimate of drug-likeness (QED) is 0.850. The number of aromatic nitrogens is 2. The number of benzene rings is 1. The molecule has 0 atom stereocenters. The minimum atomic E-state index is -0.305. The van der Waals surface area contributed by atoms with Crippen LogP contribution >= 0.6 is 11.6 Å². The van der Waals surface area contributed by atoms with E-state index in [1.807, 2.05) is 0 Å². The first-order chi connectivity index (χ1) is 11.6. The highest BCUT2D eigenvalue weighted by Gasteiger charge is 2.26. The Hall–Kier alpha value is -2.78. The zero-order chi connectivity index (χ0) is 17.1. The molecule has 1 aromatic carbocycles. The topological polar surface area (TPSA) is 67.2 Å². The second kappa shape index (κ2) is 6.77. The van der Waals surface area contributed by atoms with E-state index in [-0.39, 0.29) is 11.8 Å². The molecule has 1 aromatic heterocycles. The van der Waals surface area contributed by atoms with Crippen LogP contribution in [0.4, 0.5) is 5.69 Å². The fourth-order valence-electron chi connectivity index (χ4n) is 2.55. The first kappa shape index (κ1) is 16.1. The summed E-state index contributed by atoms with van der Waals surface area (Å²) in [6.07, 6.45) is 1.51. The monoisotopic (exact) mass is 342 g/mol. The van der Waals surface area contributed by atoms with Gasteiger partial charge >= 0.3 is 0 Å². The van der Waals surface area contributed by atoms with Crippen LogP contribution in [0.3, 0.4) is 0 Å². The van der Waals surface area contributed by atoms with E-state index in [4.69, 9.17) is 11.6 Å². The average molecular weight is 343 g/mol. The van der Waals surface area contributed by atoms with E-state index in [2.05, 4.69) is 22.3 Å². The maximum absolute atomic E-state index is 12.5. The number of hydrogen-bond acceptors (Lipinski definition) is 3. The van der Waals surface area contributed by atoms with Gasteiger partial charge in [0.1, 0.15) is 0 Å². The van der Waals surface area contributed by atoms with Gasteiger partial charge in [-0.25, -0.2) is 0 Å². The summed E-state index contributed by atoms with van der Waals surface area (Å²) in [4.78, 5) is 26.1. The van der Waals surface area contributed by atoms with E-state index in [9.17, 15) is 9.59 Å². The molecule has 6 nitrogen and oxygen atoms in total. The van der Waals surface area contributed by atoms with Gasteiger partial charge in [0.15, 0.2) is 0 Å². The lowest BCUT2D eigenvalue weighted by atomic mass is 10.2. The van der Waals surface area contributed by atoms with Crippen molar-refractivity contribution >= 4 is 29.1 Å². The molecular formula is C17H15ClN4O2. The summed E-state index contributed by atoms with van der Waals surface area (Å²) >= 11 is 6.07. The molecule has 1 aliphatic rings. The van der Waals surface area contributed by atoms with Crippen LogP contribution in [-0.4, -0.2) is 33.0 Å². The fourth-order valence-corrected chi connectivity index (χ4v) is 2.73. The number of nitrogens with zero attached hydrogens (tertiary/aromatic N) is 3. The zero-order valence-electron chi connectivity index (χ0n) is 13.0. The lowest BCUT2D eigenvalue weighted by Crippen LogP contribution is -2.38. The molecule has 3 rings (SSSR count). The first-order valence-corrected chi connectivity index (χ1v) is 7.80. The van der Waals surface area contributed by atoms with Crippen LogP contribution in [-0.2, 0) is 17.9 Å². The molecule has 0 unspecified atom stereocenters. The Morgan fingerprint density at radius 2 is 2.08 bits per heavy atom. The van der Waals surface area contributed by atoms with Gasteiger partial charge in [0.25, 0.3) is 11.8 Å². The Morgan fingerprint density at radius 3 is 2.83 bits per heavy atom. The molecule has 0 saturated carbocycles. The Labute approximate surface area is 144 Å². The third-order valence-electron chi connectivity index (χ3n) is 3.76. The number of hydrogen-bond donors (Lipinski definition) is 1. The summed E-state index contributed by atoms with van der Waals surface area (Å²) in [6.45, 7) is 2.98. The molecule has 2 amide bonds. The lowest BCUT2D eigenvalue weighted by molar-refractivity contribution is -0.126. The number of amides is 2. The maximum atomic E-state index is 12.5. The predicted molar refractivity (Wildman–Crippen MR) is 90.5 cm³/mol. The molecule has 0 radical (unpaired) electrons. The third kappa shape index (κ3) is 3.12. The van der Waals surface area contributed by atoms with Crippen LogP contribution in [0.25, 0.3) is 0 Å². The van der Waals surface area contributed by atoms with Gasteiger partial charge in [0, 0.05) is 6.54 Å². The van der Waals surface area contributed by atoms with Gasteiger partial charge in [-0.1, -0.05) is 29.7 Å². The minimum Gasteiger partial charge on any atom is -0.324 e. The van der Waals surface area contributed by atoms with Crippen molar-refractivity contribution in [3.05, 3.63) is 46.7 Å². The van der Waals surface area contributed by atoms with Crippen molar-refractivity contribution < 1.29 is 9.59 Å². The van der Waals surface area contributed by atoms with Gasteiger partial charge in [-0.15, -0.1) is 0 Å². The molecule has 1 aliphatic heterocycles. The van der Waals surface area contributed by atoms with Gasteiger partial charge in [0.05, 0.1) is 41.3 Å². The normalized spacial score (nSPS) is 12.8. The number of nitrogens with one attached hydrogen (secondary N) is 1. The van der Waals surface area contributed by atoms with E-state index < -0.39 is 0 Å². The van der Waals surface area contributed by atoms with Gasteiger partial charge in [-0.2, -0.15) is 5.10 Å². The van der Waals surface area contributed by atoms with Gasteiger partial charge in [-0.3, -0.25) is 14.3 Å². The molecule has 122 valence electrons. The molecule has 0 fully saturated rings. The molecule has 0 saturated heterocycles. The van der Waals surface area contributed by atoms with Crippen molar-refractivity contribution in [2.24, 2.45) is 0 Å².